The molecular weight excluding hydrogens is 326 g/mol. The zero-order chi connectivity index (χ0) is 16.1. The number of aromatic nitrogens is 1. The van der Waals surface area contributed by atoms with Crippen LogP contribution in [0, 0.1) is 5.92 Å². The van der Waals surface area contributed by atoms with Crippen molar-refractivity contribution in [3.63, 3.8) is 0 Å². The van der Waals surface area contributed by atoms with Gasteiger partial charge in [0.1, 0.15) is 5.01 Å². The number of carbonyl (C=O) groups excluding carboxylic acids is 1. The summed E-state index contributed by atoms with van der Waals surface area (Å²) < 4.78 is 0. The van der Waals surface area contributed by atoms with Crippen molar-refractivity contribution in [1.82, 2.24) is 15.2 Å². The first-order chi connectivity index (χ1) is 11.3. The molecule has 0 bridgehead atoms. The molecule has 3 heterocycles. The smallest absolute Gasteiger partial charge is 0.223 e. The van der Waals surface area contributed by atoms with Gasteiger partial charge in [-0.15, -0.1) is 11.3 Å². The van der Waals surface area contributed by atoms with E-state index in [4.69, 9.17) is 4.98 Å². The molecule has 1 N–H and O–H groups in total. The van der Waals surface area contributed by atoms with E-state index in [2.05, 4.69) is 39.3 Å². The SMILES string of the molecule is CCCNC(=O)C1CCN(Cc2csc(-c3ccsc3)n2)CC1. The molecule has 0 atom stereocenters. The predicted octanol–water partition coefficient (Wildman–Crippen LogP) is 3.61. The lowest BCUT2D eigenvalue weighted by molar-refractivity contribution is -0.126. The number of hydrogen-bond donors (Lipinski definition) is 1. The lowest BCUT2D eigenvalue weighted by Gasteiger charge is -2.30. The normalized spacial score (nSPS) is 16.6. The molecule has 1 amide bonds. The fourth-order valence-corrected chi connectivity index (χ4v) is 4.40. The van der Waals surface area contributed by atoms with Crippen molar-refractivity contribution in [3.05, 3.63) is 27.9 Å². The summed E-state index contributed by atoms with van der Waals surface area (Å²) in [6, 6.07) is 2.12. The molecule has 124 valence electrons. The quantitative estimate of drug-likeness (QED) is 0.866. The Kier molecular flexibility index (Phi) is 5.80. The van der Waals surface area contributed by atoms with E-state index >= 15 is 0 Å². The van der Waals surface area contributed by atoms with Crippen LogP contribution in [0.3, 0.4) is 0 Å². The van der Waals surface area contributed by atoms with Crippen LogP contribution in [0.2, 0.25) is 0 Å². The fourth-order valence-electron chi connectivity index (χ4n) is 2.87. The van der Waals surface area contributed by atoms with Crippen molar-refractivity contribution < 1.29 is 4.79 Å². The Morgan fingerprint density at radius 2 is 2.22 bits per heavy atom. The van der Waals surface area contributed by atoms with Crippen LogP contribution in [0.5, 0.6) is 0 Å². The summed E-state index contributed by atoms with van der Waals surface area (Å²) in [5, 5.41) is 10.5. The highest BCUT2D eigenvalue weighted by molar-refractivity contribution is 7.14. The van der Waals surface area contributed by atoms with Crippen molar-refractivity contribution in [3.8, 4) is 10.6 Å². The molecule has 0 radical (unpaired) electrons. The van der Waals surface area contributed by atoms with E-state index in [0.29, 0.717) is 0 Å². The van der Waals surface area contributed by atoms with Gasteiger partial charge < -0.3 is 5.32 Å². The molecule has 0 saturated carbocycles. The fraction of sp³-hybridized carbons (Fsp3) is 0.529. The number of thiazole rings is 1. The first-order valence-electron chi connectivity index (χ1n) is 8.23. The first kappa shape index (κ1) is 16.6. The van der Waals surface area contributed by atoms with Gasteiger partial charge in [-0.2, -0.15) is 11.3 Å². The highest BCUT2D eigenvalue weighted by atomic mass is 32.1. The number of thiophene rings is 1. The summed E-state index contributed by atoms with van der Waals surface area (Å²) in [4.78, 5) is 19.2. The van der Waals surface area contributed by atoms with Crippen molar-refractivity contribution in [2.45, 2.75) is 32.7 Å². The van der Waals surface area contributed by atoms with Gasteiger partial charge in [-0.25, -0.2) is 4.98 Å². The Hall–Kier alpha value is -1.24. The van der Waals surface area contributed by atoms with Gasteiger partial charge in [0.15, 0.2) is 0 Å². The van der Waals surface area contributed by atoms with Crippen LogP contribution in [0.4, 0.5) is 0 Å². The highest BCUT2D eigenvalue weighted by Gasteiger charge is 2.25. The van der Waals surface area contributed by atoms with Gasteiger partial charge in [0.2, 0.25) is 5.91 Å². The third-order valence-electron chi connectivity index (χ3n) is 4.21. The van der Waals surface area contributed by atoms with Crippen molar-refractivity contribution in [2.75, 3.05) is 19.6 Å². The summed E-state index contributed by atoms with van der Waals surface area (Å²) >= 11 is 3.42. The summed E-state index contributed by atoms with van der Waals surface area (Å²) in [5.74, 6) is 0.425. The Morgan fingerprint density at radius 1 is 1.39 bits per heavy atom. The van der Waals surface area contributed by atoms with Crippen LogP contribution in [0.25, 0.3) is 10.6 Å². The van der Waals surface area contributed by atoms with Gasteiger partial charge in [0.25, 0.3) is 0 Å². The van der Waals surface area contributed by atoms with Gasteiger partial charge in [-0.1, -0.05) is 6.92 Å². The highest BCUT2D eigenvalue weighted by Crippen LogP contribution is 2.27. The van der Waals surface area contributed by atoms with Crippen LogP contribution in [-0.2, 0) is 11.3 Å². The van der Waals surface area contributed by atoms with E-state index in [0.717, 1.165) is 56.1 Å². The molecule has 1 fully saturated rings. The number of carbonyl (C=O) groups is 1. The standard InChI is InChI=1S/C17H23N3OS2/c1-2-6-18-16(21)13-3-7-20(8-4-13)10-15-12-23-17(19-15)14-5-9-22-11-14/h5,9,11-13H,2-4,6-8,10H2,1H3,(H,18,21). The summed E-state index contributed by atoms with van der Waals surface area (Å²) in [7, 11) is 0. The topological polar surface area (TPSA) is 45.2 Å². The number of rotatable bonds is 6. The lowest BCUT2D eigenvalue weighted by atomic mass is 9.96. The van der Waals surface area contributed by atoms with Gasteiger partial charge in [0, 0.05) is 35.3 Å². The first-order valence-corrected chi connectivity index (χ1v) is 10.1. The van der Waals surface area contributed by atoms with Crippen LogP contribution in [0.15, 0.2) is 22.2 Å². The zero-order valence-electron chi connectivity index (χ0n) is 13.5. The molecule has 2 aromatic rings. The number of likely N-dealkylation sites (tertiary alicyclic amines) is 1. The molecule has 1 aliphatic rings. The number of piperidine rings is 1. The molecule has 6 heteroatoms. The minimum absolute atomic E-state index is 0.189. The summed E-state index contributed by atoms with van der Waals surface area (Å²) in [5.41, 5.74) is 2.36. The molecule has 3 rings (SSSR count). The average Bonchev–Trinajstić information content (AvgIpc) is 3.24. The maximum absolute atomic E-state index is 12.0. The monoisotopic (exact) mass is 349 g/mol. The van der Waals surface area contributed by atoms with Gasteiger partial charge in [0.05, 0.1) is 5.69 Å². The third-order valence-corrected chi connectivity index (χ3v) is 5.84. The molecule has 0 aliphatic carbocycles. The number of nitrogens with zero attached hydrogens (tertiary/aromatic N) is 2. The average molecular weight is 350 g/mol. The Balaban J connectivity index is 1.48. The molecule has 4 nitrogen and oxygen atoms in total. The molecule has 0 aromatic carbocycles. The second-order valence-electron chi connectivity index (χ2n) is 6.00. The van der Waals surface area contributed by atoms with E-state index in [9.17, 15) is 4.79 Å². The van der Waals surface area contributed by atoms with E-state index in [1.54, 1.807) is 22.7 Å². The molecule has 0 unspecified atom stereocenters. The molecular formula is C17H23N3OS2. The number of hydrogen-bond acceptors (Lipinski definition) is 5. The maximum Gasteiger partial charge on any atom is 0.223 e. The second-order valence-corrected chi connectivity index (χ2v) is 7.64. The molecule has 23 heavy (non-hydrogen) atoms. The minimum Gasteiger partial charge on any atom is -0.356 e. The van der Waals surface area contributed by atoms with E-state index in [-0.39, 0.29) is 11.8 Å². The zero-order valence-corrected chi connectivity index (χ0v) is 15.1. The largest absolute Gasteiger partial charge is 0.356 e. The van der Waals surface area contributed by atoms with Crippen LogP contribution >= 0.6 is 22.7 Å². The van der Waals surface area contributed by atoms with E-state index in [1.807, 2.05) is 0 Å². The number of nitrogens with one attached hydrogen (secondary N) is 1. The predicted molar refractivity (Wildman–Crippen MR) is 96.7 cm³/mol. The molecule has 1 saturated heterocycles. The van der Waals surface area contributed by atoms with E-state index in [1.165, 1.54) is 5.56 Å². The van der Waals surface area contributed by atoms with Crippen LogP contribution in [-0.4, -0.2) is 35.4 Å². The van der Waals surface area contributed by atoms with Gasteiger partial charge in [-0.3, -0.25) is 9.69 Å². The van der Waals surface area contributed by atoms with Crippen molar-refractivity contribution in [1.29, 1.82) is 0 Å². The van der Waals surface area contributed by atoms with Gasteiger partial charge >= 0.3 is 0 Å². The molecule has 2 aromatic heterocycles. The second kappa shape index (κ2) is 8.04. The number of amides is 1. The summed E-state index contributed by atoms with van der Waals surface area (Å²) in [6.45, 7) is 5.74. The molecule has 1 aliphatic heterocycles. The van der Waals surface area contributed by atoms with Crippen LogP contribution in [0.1, 0.15) is 31.9 Å². The summed E-state index contributed by atoms with van der Waals surface area (Å²) in [6.07, 6.45) is 2.91. The lowest BCUT2D eigenvalue weighted by Crippen LogP contribution is -2.40. The Bertz CT molecular complexity index is 616. The van der Waals surface area contributed by atoms with Crippen molar-refractivity contribution >= 4 is 28.6 Å². The van der Waals surface area contributed by atoms with Crippen molar-refractivity contribution in [2.24, 2.45) is 5.92 Å². The Morgan fingerprint density at radius 3 is 2.91 bits per heavy atom. The molecule has 0 spiro atoms. The van der Waals surface area contributed by atoms with Crippen LogP contribution < -0.4 is 5.32 Å². The Labute approximate surface area is 145 Å². The third kappa shape index (κ3) is 4.40. The van der Waals surface area contributed by atoms with Gasteiger partial charge in [-0.05, 0) is 43.8 Å². The maximum atomic E-state index is 12.0. The minimum atomic E-state index is 0.189. The van der Waals surface area contributed by atoms with E-state index < -0.39 is 0 Å².